The molecular formula is C16H19ClN2O2. The molecule has 0 atom stereocenters. The van der Waals surface area contributed by atoms with Crippen molar-refractivity contribution in [3.63, 3.8) is 0 Å². The number of pyridine rings is 1. The fraction of sp³-hybridized carbons (Fsp3) is 0.438. The normalized spacial score (nSPS) is 15.5. The van der Waals surface area contributed by atoms with Crippen LogP contribution in [0.2, 0.25) is 5.02 Å². The van der Waals surface area contributed by atoms with Crippen molar-refractivity contribution in [1.82, 2.24) is 9.88 Å². The van der Waals surface area contributed by atoms with Crippen LogP contribution in [0.25, 0.3) is 10.9 Å². The van der Waals surface area contributed by atoms with Crippen molar-refractivity contribution in [3.8, 4) is 11.5 Å². The van der Waals surface area contributed by atoms with Gasteiger partial charge in [-0.05, 0) is 38.1 Å². The minimum absolute atomic E-state index is 0.655. The highest BCUT2D eigenvalue weighted by Crippen LogP contribution is 2.34. The number of methoxy groups -OCH3 is 1. The molecule has 3 rings (SSSR count). The summed E-state index contributed by atoms with van der Waals surface area (Å²) in [5.74, 6) is 1.41. The molecule has 0 N–H and O–H groups in total. The van der Waals surface area contributed by atoms with E-state index in [9.17, 15) is 0 Å². The summed E-state index contributed by atoms with van der Waals surface area (Å²) < 4.78 is 11.3. The molecule has 0 saturated carbocycles. The van der Waals surface area contributed by atoms with Gasteiger partial charge in [-0.1, -0.05) is 11.6 Å². The van der Waals surface area contributed by atoms with E-state index in [0.717, 1.165) is 23.2 Å². The second-order valence-electron chi connectivity index (χ2n) is 5.21. The van der Waals surface area contributed by atoms with Crippen molar-refractivity contribution < 1.29 is 9.47 Å². The first-order valence-corrected chi connectivity index (χ1v) is 7.63. The topological polar surface area (TPSA) is 34.6 Å². The van der Waals surface area contributed by atoms with Gasteiger partial charge in [0.25, 0.3) is 0 Å². The first-order chi connectivity index (χ1) is 10.3. The molecule has 0 spiro atoms. The number of benzene rings is 1. The van der Waals surface area contributed by atoms with E-state index in [1.165, 1.54) is 25.9 Å². The van der Waals surface area contributed by atoms with Crippen LogP contribution in [-0.4, -0.2) is 43.2 Å². The number of rotatable bonds is 5. The lowest BCUT2D eigenvalue weighted by Crippen LogP contribution is -2.25. The zero-order valence-corrected chi connectivity index (χ0v) is 12.9. The number of fused-ring (bicyclic) bond motifs is 1. The molecular weight excluding hydrogens is 288 g/mol. The third-order valence-electron chi connectivity index (χ3n) is 3.84. The van der Waals surface area contributed by atoms with E-state index >= 15 is 0 Å². The van der Waals surface area contributed by atoms with Gasteiger partial charge in [-0.3, -0.25) is 9.88 Å². The highest BCUT2D eigenvalue weighted by molar-refractivity contribution is 6.35. The van der Waals surface area contributed by atoms with Crippen LogP contribution in [-0.2, 0) is 0 Å². The Kier molecular flexibility index (Phi) is 4.46. The Labute approximate surface area is 129 Å². The molecule has 1 aromatic heterocycles. The van der Waals surface area contributed by atoms with Crippen molar-refractivity contribution in [3.05, 3.63) is 29.4 Å². The average Bonchev–Trinajstić information content (AvgIpc) is 3.00. The Bertz CT molecular complexity index is 627. The van der Waals surface area contributed by atoms with Crippen molar-refractivity contribution in [2.24, 2.45) is 0 Å². The van der Waals surface area contributed by atoms with E-state index in [2.05, 4.69) is 9.88 Å². The van der Waals surface area contributed by atoms with Gasteiger partial charge in [0.15, 0.2) is 11.5 Å². The van der Waals surface area contributed by atoms with Gasteiger partial charge in [0.2, 0.25) is 0 Å². The molecule has 1 fully saturated rings. The molecule has 1 saturated heterocycles. The summed E-state index contributed by atoms with van der Waals surface area (Å²) in [5, 5.41) is 1.55. The molecule has 5 heteroatoms. The zero-order chi connectivity index (χ0) is 14.7. The van der Waals surface area contributed by atoms with Gasteiger partial charge in [-0.2, -0.15) is 0 Å². The smallest absolute Gasteiger partial charge is 0.163 e. The molecule has 21 heavy (non-hydrogen) atoms. The van der Waals surface area contributed by atoms with Gasteiger partial charge in [0.1, 0.15) is 6.61 Å². The minimum Gasteiger partial charge on any atom is -0.493 e. The molecule has 4 nitrogen and oxygen atoms in total. The first kappa shape index (κ1) is 14.4. The number of likely N-dealkylation sites (tertiary alicyclic amines) is 1. The number of aromatic nitrogens is 1. The second-order valence-corrected chi connectivity index (χ2v) is 5.62. The highest BCUT2D eigenvalue weighted by Gasteiger charge is 2.13. The molecule has 1 aliphatic rings. The number of hydrogen-bond donors (Lipinski definition) is 0. The fourth-order valence-electron chi connectivity index (χ4n) is 2.68. The maximum absolute atomic E-state index is 6.19. The van der Waals surface area contributed by atoms with Crippen LogP contribution < -0.4 is 9.47 Å². The van der Waals surface area contributed by atoms with Gasteiger partial charge in [-0.15, -0.1) is 0 Å². The third kappa shape index (κ3) is 3.22. The molecule has 0 amide bonds. The molecule has 0 radical (unpaired) electrons. The molecule has 2 heterocycles. The third-order valence-corrected chi connectivity index (χ3v) is 4.17. The standard InChI is InChI=1S/C16H19ClN2O2/c1-20-15-10-12-13(17)4-5-18-14(12)11-16(15)21-9-8-19-6-2-3-7-19/h4-5,10-11H,2-3,6-9H2,1H3. The molecule has 1 aromatic carbocycles. The van der Waals surface area contributed by atoms with Gasteiger partial charge in [0.05, 0.1) is 17.6 Å². The fourth-order valence-corrected chi connectivity index (χ4v) is 2.89. The quantitative estimate of drug-likeness (QED) is 0.848. The average molecular weight is 307 g/mol. The van der Waals surface area contributed by atoms with Gasteiger partial charge >= 0.3 is 0 Å². The SMILES string of the molecule is COc1cc2c(Cl)ccnc2cc1OCCN1CCCC1. The summed E-state index contributed by atoms with van der Waals surface area (Å²) in [7, 11) is 1.64. The lowest BCUT2D eigenvalue weighted by Gasteiger charge is -2.16. The van der Waals surface area contributed by atoms with Gasteiger partial charge in [0, 0.05) is 24.2 Å². The van der Waals surface area contributed by atoms with Crippen LogP contribution in [0.5, 0.6) is 11.5 Å². The van der Waals surface area contributed by atoms with Crippen molar-refractivity contribution in [1.29, 1.82) is 0 Å². The van der Waals surface area contributed by atoms with E-state index in [1.807, 2.05) is 12.1 Å². The van der Waals surface area contributed by atoms with Gasteiger partial charge < -0.3 is 9.47 Å². The molecule has 0 unspecified atom stereocenters. The van der Waals surface area contributed by atoms with Crippen molar-refractivity contribution >= 4 is 22.5 Å². The maximum Gasteiger partial charge on any atom is 0.163 e. The number of hydrogen-bond acceptors (Lipinski definition) is 4. The zero-order valence-electron chi connectivity index (χ0n) is 12.1. The van der Waals surface area contributed by atoms with E-state index in [4.69, 9.17) is 21.1 Å². The van der Waals surface area contributed by atoms with Crippen molar-refractivity contribution in [2.45, 2.75) is 12.8 Å². The number of halogens is 1. The molecule has 1 aliphatic heterocycles. The Morgan fingerprint density at radius 1 is 1.24 bits per heavy atom. The van der Waals surface area contributed by atoms with Crippen LogP contribution in [0.15, 0.2) is 24.4 Å². The summed E-state index contributed by atoms with van der Waals surface area (Å²) in [4.78, 5) is 6.75. The first-order valence-electron chi connectivity index (χ1n) is 7.25. The highest BCUT2D eigenvalue weighted by atomic mass is 35.5. The second kappa shape index (κ2) is 6.50. The van der Waals surface area contributed by atoms with Crippen molar-refractivity contribution in [2.75, 3.05) is 33.4 Å². The summed E-state index contributed by atoms with van der Waals surface area (Å²) >= 11 is 6.19. The predicted molar refractivity (Wildman–Crippen MR) is 84.5 cm³/mol. The monoisotopic (exact) mass is 306 g/mol. The minimum atomic E-state index is 0.655. The summed E-state index contributed by atoms with van der Waals surface area (Å²) in [6, 6.07) is 5.55. The van der Waals surface area contributed by atoms with Crippen LogP contribution in [0.4, 0.5) is 0 Å². The van der Waals surface area contributed by atoms with E-state index in [-0.39, 0.29) is 0 Å². The Morgan fingerprint density at radius 2 is 2.05 bits per heavy atom. The lowest BCUT2D eigenvalue weighted by molar-refractivity contribution is 0.230. The van der Waals surface area contributed by atoms with Crippen LogP contribution in [0.1, 0.15) is 12.8 Å². The summed E-state index contributed by atoms with van der Waals surface area (Å²) in [5.41, 5.74) is 0.819. The molecule has 112 valence electrons. The van der Waals surface area contributed by atoms with Crippen LogP contribution >= 0.6 is 11.6 Å². The Hall–Kier alpha value is -1.52. The van der Waals surface area contributed by atoms with Crippen LogP contribution in [0, 0.1) is 0 Å². The molecule has 0 bridgehead atoms. The molecule has 2 aromatic rings. The predicted octanol–water partition coefficient (Wildman–Crippen LogP) is 3.37. The number of ether oxygens (including phenoxy) is 2. The Balaban J connectivity index is 1.76. The van der Waals surface area contributed by atoms with E-state index < -0.39 is 0 Å². The molecule has 0 aliphatic carbocycles. The summed E-state index contributed by atoms with van der Waals surface area (Å²) in [6.07, 6.45) is 4.29. The Morgan fingerprint density at radius 3 is 2.81 bits per heavy atom. The maximum atomic E-state index is 6.19. The van der Waals surface area contributed by atoms with Crippen LogP contribution in [0.3, 0.4) is 0 Å². The van der Waals surface area contributed by atoms with Gasteiger partial charge in [-0.25, -0.2) is 0 Å². The largest absolute Gasteiger partial charge is 0.493 e. The van der Waals surface area contributed by atoms with E-state index in [1.54, 1.807) is 19.4 Å². The summed E-state index contributed by atoms with van der Waals surface area (Å²) in [6.45, 7) is 3.96. The lowest BCUT2D eigenvalue weighted by atomic mass is 10.2. The number of nitrogens with zero attached hydrogens (tertiary/aromatic N) is 2. The van der Waals surface area contributed by atoms with E-state index in [0.29, 0.717) is 17.4 Å².